The van der Waals surface area contributed by atoms with Crippen molar-refractivity contribution >= 4 is 44.9 Å². The van der Waals surface area contributed by atoms with Gasteiger partial charge < -0.3 is 4.57 Å². The summed E-state index contributed by atoms with van der Waals surface area (Å²) in [7, 11) is 0. The van der Waals surface area contributed by atoms with Crippen LogP contribution in [0.15, 0.2) is 170 Å². The maximum absolute atomic E-state index is 2.57. The van der Waals surface area contributed by atoms with Gasteiger partial charge in [-0.1, -0.05) is 163 Å². The van der Waals surface area contributed by atoms with Crippen molar-refractivity contribution < 1.29 is 0 Å². The zero-order valence-electron chi connectivity index (χ0n) is 24.7. The Morgan fingerprint density at radius 3 is 1.82 bits per heavy atom. The van der Waals surface area contributed by atoms with Crippen LogP contribution in [0.5, 0.6) is 0 Å². The molecule has 208 valence electrons. The zero-order chi connectivity index (χ0) is 29.5. The van der Waals surface area contributed by atoms with Crippen molar-refractivity contribution in [1.82, 2.24) is 4.57 Å². The molecule has 0 amide bonds. The highest BCUT2D eigenvalue weighted by atomic mass is 15.0. The number of para-hydroxylation sites is 1. The first-order chi connectivity index (χ1) is 22.4. The van der Waals surface area contributed by atoms with Crippen molar-refractivity contribution in [2.75, 3.05) is 0 Å². The molecule has 0 bridgehead atoms. The molecule has 8 aromatic rings. The van der Waals surface area contributed by atoms with Crippen molar-refractivity contribution in [3.05, 3.63) is 192 Å². The number of aromatic nitrogens is 1. The Balaban J connectivity index is 1.39. The maximum atomic E-state index is 2.57. The molecule has 10 rings (SSSR count). The molecular weight excluding hydrogens is 541 g/mol. The Labute approximate surface area is 263 Å². The molecule has 2 heteroatoms. The molecular formula is C43H28BN. The lowest BCUT2D eigenvalue weighted by atomic mass is 9.29. The van der Waals surface area contributed by atoms with Gasteiger partial charge in [0, 0.05) is 22.0 Å². The minimum atomic E-state index is -0.454. The van der Waals surface area contributed by atoms with E-state index in [1.165, 1.54) is 77.3 Å². The predicted molar refractivity (Wildman–Crippen MR) is 189 cm³/mol. The van der Waals surface area contributed by atoms with Gasteiger partial charge in [0.15, 0.2) is 0 Å². The van der Waals surface area contributed by atoms with Crippen molar-refractivity contribution in [3.63, 3.8) is 0 Å². The van der Waals surface area contributed by atoms with Crippen LogP contribution < -0.4 is 16.4 Å². The lowest BCUT2D eigenvalue weighted by molar-refractivity contribution is 0.750. The number of rotatable bonds is 3. The lowest BCUT2D eigenvalue weighted by Crippen LogP contribution is -2.64. The van der Waals surface area contributed by atoms with Crippen LogP contribution in [-0.2, 0) is 5.41 Å². The van der Waals surface area contributed by atoms with Crippen molar-refractivity contribution in [3.8, 4) is 16.8 Å². The summed E-state index contributed by atoms with van der Waals surface area (Å²) in [6.45, 7) is 0.141. The topological polar surface area (TPSA) is 4.93 Å². The van der Waals surface area contributed by atoms with E-state index in [0.717, 1.165) is 0 Å². The average Bonchev–Trinajstić information content (AvgIpc) is 3.46. The van der Waals surface area contributed by atoms with E-state index in [1.54, 1.807) is 0 Å². The second-order valence-electron chi connectivity index (χ2n) is 12.4. The van der Waals surface area contributed by atoms with Crippen molar-refractivity contribution in [1.29, 1.82) is 0 Å². The first-order valence-corrected chi connectivity index (χ1v) is 15.8. The van der Waals surface area contributed by atoms with E-state index in [1.807, 2.05) is 0 Å². The summed E-state index contributed by atoms with van der Waals surface area (Å²) in [4.78, 5) is 0. The van der Waals surface area contributed by atoms with Gasteiger partial charge in [-0.3, -0.25) is 0 Å². The Hall–Kier alpha value is -5.60. The molecule has 0 fully saturated rings. The first kappa shape index (κ1) is 24.8. The standard InChI is InChI=1S/C43H28BN/c1-4-14-29(15-5-1)30-26-27-33-34-20-12-24-38-42(34)45(40(33)28-30)39-25-13-22-36-41(39)44(38)37-23-11-10-21-35(37)43(36,31-16-6-2-7-17-31)32-18-8-3-9-19-32/h1-28H. The van der Waals surface area contributed by atoms with Crippen LogP contribution in [0.1, 0.15) is 22.3 Å². The molecule has 0 atom stereocenters. The highest BCUT2D eigenvalue weighted by Gasteiger charge is 2.50. The number of benzene rings is 7. The van der Waals surface area contributed by atoms with Gasteiger partial charge in [0.25, 0.3) is 0 Å². The summed E-state index contributed by atoms with van der Waals surface area (Å²) in [6, 6.07) is 63.2. The Morgan fingerprint density at radius 2 is 1.07 bits per heavy atom. The van der Waals surface area contributed by atoms with Crippen LogP contribution in [0, 0.1) is 0 Å². The molecule has 2 aliphatic heterocycles. The van der Waals surface area contributed by atoms with E-state index in [0.29, 0.717) is 0 Å². The van der Waals surface area contributed by atoms with Gasteiger partial charge in [0.1, 0.15) is 0 Å². The zero-order valence-corrected chi connectivity index (χ0v) is 24.7. The molecule has 3 heterocycles. The first-order valence-electron chi connectivity index (χ1n) is 15.8. The van der Waals surface area contributed by atoms with Gasteiger partial charge in [-0.15, -0.1) is 0 Å². The van der Waals surface area contributed by atoms with Gasteiger partial charge in [0.2, 0.25) is 6.71 Å². The van der Waals surface area contributed by atoms with E-state index < -0.39 is 5.41 Å². The van der Waals surface area contributed by atoms with E-state index in [-0.39, 0.29) is 6.71 Å². The Kier molecular flexibility index (Phi) is 5.07. The van der Waals surface area contributed by atoms with Crippen LogP contribution in [0.4, 0.5) is 0 Å². The number of hydrogen-bond acceptors (Lipinski definition) is 0. The largest absolute Gasteiger partial charge is 0.310 e. The summed E-state index contributed by atoms with van der Waals surface area (Å²) in [5, 5.41) is 2.62. The molecule has 0 saturated carbocycles. The van der Waals surface area contributed by atoms with Gasteiger partial charge in [-0.05, 0) is 56.4 Å². The highest BCUT2D eigenvalue weighted by molar-refractivity contribution is 6.99. The molecule has 0 N–H and O–H groups in total. The van der Waals surface area contributed by atoms with Crippen LogP contribution >= 0.6 is 0 Å². The molecule has 0 aliphatic carbocycles. The molecule has 0 spiro atoms. The number of hydrogen-bond donors (Lipinski definition) is 0. The SMILES string of the molecule is c1ccc(-c2ccc3c4cccc5c4n(c3c2)-c2cccc3c2B5c2ccccc2C3(c2ccccc2)c2ccccc2)cc1. The van der Waals surface area contributed by atoms with Gasteiger partial charge >= 0.3 is 0 Å². The second-order valence-corrected chi connectivity index (χ2v) is 12.4. The van der Waals surface area contributed by atoms with Crippen LogP contribution in [0.25, 0.3) is 38.6 Å². The van der Waals surface area contributed by atoms with E-state index in [2.05, 4.69) is 174 Å². The summed E-state index contributed by atoms with van der Waals surface area (Å²) in [5.41, 5.74) is 15.4. The molecule has 2 aliphatic rings. The third-order valence-electron chi connectivity index (χ3n) is 10.3. The van der Waals surface area contributed by atoms with E-state index >= 15 is 0 Å². The minimum absolute atomic E-state index is 0.141. The fraction of sp³-hybridized carbons (Fsp3) is 0.0233. The smallest absolute Gasteiger partial charge is 0.247 e. The van der Waals surface area contributed by atoms with Crippen LogP contribution in [-0.4, -0.2) is 11.3 Å². The normalized spacial score (nSPS) is 13.9. The van der Waals surface area contributed by atoms with Crippen molar-refractivity contribution in [2.24, 2.45) is 0 Å². The van der Waals surface area contributed by atoms with E-state index in [9.17, 15) is 0 Å². The summed E-state index contributed by atoms with van der Waals surface area (Å²) in [6.07, 6.45) is 0. The molecule has 0 unspecified atom stereocenters. The average molecular weight is 570 g/mol. The molecule has 0 saturated heterocycles. The van der Waals surface area contributed by atoms with Gasteiger partial charge in [-0.2, -0.15) is 0 Å². The summed E-state index contributed by atoms with van der Waals surface area (Å²) < 4.78 is 2.57. The molecule has 0 radical (unpaired) electrons. The Morgan fingerprint density at radius 1 is 0.444 bits per heavy atom. The maximum Gasteiger partial charge on any atom is 0.247 e. The number of fused-ring (bicyclic) bond motifs is 7. The molecule has 7 aromatic carbocycles. The van der Waals surface area contributed by atoms with Crippen molar-refractivity contribution in [2.45, 2.75) is 5.41 Å². The quantitative estimate of drug-likeness (QED) is 0.190. The van der Waals surface area contributed by atoms with E-state index in [4.69, 9.17) is 0 Å². The third kappa shape index (κ3) is 3.19. The van der Waals surface area contributed by atoms with Gasteiger partial charge in [0.05, 0.1) is 10.9 Å². The van der Waals surface area contributed by atoms with Gasteiger partial charge in [-0.25, -0.2) is 0 Å². The summed E-state index contributed by atoms with van der Waals surface area (Å²) in [5.74, 6) is 0. The fourth-order valence-electron chi connectivity index (χ4n) is 8.64. The minimum Gasteiger partial charge on any atom is -0.310 e. The number of nitrogens with zero attached hydrogens (tertiary/aromatic N) is 1. The Bertz CT molecular complexity index is 2380. The molecule has 45 heavy (non-hydrogen) atoms. The summed E-state index contributed by atoms with van der Waals surface area (Å²) >= 11 is 0. The predicted octanol–water partition coefficient (Wildman–Crippen LogP) is 7.98. The monoisotopic (exact) mass is 569 g/mol. The lowest BCUT2D eigenvalue weighted by Gasteiger charge is -2.46. The van der Waals surface area contributed by atoms with Crippen LogP contribution in [0.2, 0.25) is 0 Å². The molecule has 1 aromatic heterocycles. The molecule has 1 nitrogen and oxygen atoms in total. The second kappa shape index (κ2) is 9.20. The highest BCUT2D eigenvalue weighted by Crippen LogP contribution is 2.47. The fourth-order valence-corrected chi connectivity index (χ4v) is 8.64. The third-order valence-corrected chi connectivity index (χ3v) is 10.3. The van der Waals surface area contributed by atoms with Crippen LogP contribution in [0.3, 0.4) is 0 Å².